The van der Waals surface area contributed by atoms with E-state index in [4.69, 9.17) is 4.74 Å². The number of carbonyl (C=O) groups is 2. The summed E-state index contributed by atoms with van der Waals surface area (Å²) in [4.78, 5) is 31.3. The third kappa shape index (κ3) is 5.87. The quantitative estimate of drug-likeness (QED) is 0.535. The van der Waals surface area contributed by atoms with Gasteiger partial charge in [-0.25, -0.2) is 9.78 Å². The Hall–Kier alpha value is -4.12. The average molecular weight is 486 g/mol. The highest BCUT2D eigenvalue weighted by Crippen LogP contribution is 2.31. The first-order valence-corrected chi connectivity index (χ1v) is 10.5. The van der Waals surface area contributed by atoms with Gasteiger partial charge >= 0.3 is 12.4 Å². The minimum atomic E-state index is -4.81. The van der Waals surface area contributed by atoms with Gasteiger partial charge in [-0.05, 0) is 29.8 Å². The molecule has 0 aliphatic carbocycles. The summed E-state index contributed by atoms with van der Waals surface area (Å²) in [5.41, 5.74) is 2.33. The van der Waals surface area contributed by atoms with E-state index in [1.807, 2.05) is 30.3 Å². The lowest BCUT2D eigenvalue weighted by molar-refractivity contribution is -0.274. The number of methoxy groups -OCH3 is 1. The number of urea groups is 1. The van der Waals surface area contributed by atoms with Crippen LogP contribution in [0.2, 0.25) is 0 Å². The van der Waals surface area contributed by atoms with E-state index in [0.717, 1.165) is 17.7 Å². The molecule has 1 unspecified atom stereocenters. The lowest BCUT2D eigenvalue weighted by atomic mass is 10.1. The van der Waals surface area contributed by atoms with Gasteiger partial charge in [-0.1, -0.05) is 42.5 Å². The first kappa shape index (κ1) is 24.0. The molecule has 11 heteroatoms. The Morgan fingerprint density at radius 2 is 1.83 bits per heavy atom. The maximum atomic E-state index is 13.2. The Balaban J connectivity index is 1.58. The highest BCUT2D eigenvalue weighted by molar-refractivity contribution is 6.08. The maximum Gasteiger partial charge on any atom is 0.573 e. The second kappa shape index (κ2) is 10.0. The lowest BCUT2D eigenvalue weighted by Gasteiger charge is -2.30. The zero-order valence-corrected chi connectivity index (χ0v) is 18.5. The van der Waals surface area contributed by atoms with E-state index in [9.17, 15) is 22.8 Å². The number of hydrogen-bond acceptors (Lipinski definition) is 5. The third-order valence-electron chi connectivity index (χ3n) is 5.17. The van der Waals surface area contributed by atoms with Gasteiger partial charge in [0.2, 0.25) is 5.91 Å². The summed E-state index contributed by atoms with van der Waals surface area (Å²) in [5, 5.41) is 5.48. The second-order valence-electron chi connectivity index (χ2n) is 7.64. The van der Waals surface area contributed by atoms with E-state index in [0.29, 0.717) is 16.9 Å². The van der Waals surface area contributed by atoms with Crippen LogP contribution in [0.1, 0.15) is 11.6 Å². The van der Waals surface area contributed by atoms with Crippen LogP contribution in [-0.4, -0.2) is 43.5 Å². The molecule has 1 aliphatic heterocycles. The fourth-order valence-electron chi connectivity index (χ4n) is 3.61. The topological polar surface area (TPSA) is 92.8 Å². The number of alkyl halides is 3. The number of rotatable bonds is 6. The molecule has 3 aromatic rings. The number of anilines is 2. The van der Waals surface area contributed by atoms with Crippen LogP contribution in [0.15, 0.2) is 66.7 Å². The third-order valence-corrected chi connectivity index (χ3v) is 5.17. The van der Waals surface area contributed by atoms with Crippen molar-refractivity contribution in [2.45, 2.75) is 12.4 Å². The van der Waals surface area contributed by atoms with Crippen LogP contribution in [-0.2, 0) is 9.53 Å². The van der Waals surface area contributed by atoms with Gasteiger partial charge in [-0.15, -0.1) is 13.2 Å². The van der Waals surface area contributed by atoms with Gasteiger partial charge in [0.15, 0.2) is 5.82 Å². The number of nitrogens with zero attached hydrogens (tertiary/aromatic N) is 2. The molecule has 0 saturated carbocycles. The second-order valence-corrected chi connectivity index (χ2v) is 7.64. The van der Waals surface area contributed by atoms with E-state index >= 15 is 0 Å². The molecule has 2 heterocycles. The molecular formula is C24H21F3N4O4. The molecule has 0 fully saturated rings. The SMILES string of the molecule is COCC(NC(=O)N1CC(=O)Nc2ccc(-c3ccccc3)nc21)c1ccc(OC(F)(F)F)cc1. The Kier molecular flexibility index (Phi) is 6.87. The van der Waals surface area contributed by atoms with Gasteiger partial charge in [0, 0.05) is 12.7 Å². The van der Waals surface area contributed by atoms with Crippen molar-refractivity contribution in [3.05, 3.63) is 72.3 Å². The van der Waals surface area contributed by atoms with Gasteiger partial charge in [0.25, 0.3) is 0 Å². The van der Waals surface area contributed by atoms with Crippen LogP contribution < -0.4 is 20.3 Å². The molecule has 0 saturated heterocycles. The van der Waals surface area contributed by atoms with E-state index in [1.54, 1.807) is 12.1 Å². The normalized spacial score (nSPS) is 14.1. The largest absolute Gasteiger partial charge is 0.573 e. The predicted molar refractivity (Wildman–Crippen MR) is 122 cm³/mol. The predicted octanol–water partition coefficient (Wildman–Crippen LogP) is 4.50. The molecule has 0 spiro atoms. The minimum absolute atomic E-state index is 0.0373. The number of amides is 3. The number of hydrogen-bond donors (Lipinski definition) is 2. The first-order valence-electron chi connectivity index (χ1n) is 10.5. The van der Waals surface area contributed by atoms with Gasteiger partial charge in [-0.2, -0.15) is 0 Å². The summed E-state index contributed by atoms with van der Waals surface area (Å²) in [7, 11) is 1.43. The summed E-state index contributed by atoms with van der Waals surface area (Å²) in [6, 6.07) is 16.5. The van der Waals surface area contributed by atoms with Crippen molar-refractivity contribution in [2.24, 2.45) is 0 Å². The van der Waals surface area contributed by atoms with Crippen LogP contribution in [0.5, 0.6) is 5.75 Å². The molecule has 182 valence electrons. The summed E-state index contributed by atoms with van der Waals surface area (Å²) in [6.07, 6.45) is -4.81. The van der Waals surface area contributed by atoms with Crippen LogP contribution >= 0.6 is 0 Å². The molecule has 2 aromatic carbocycles. The van der Waals surface area contributed by atoms with Crippen molar-refractivity contribution in [3.8, 4) is 17.0 Å². The Morgan fingerprint density at radius 3 is 2.49 bits per heavy atom. The van der Waals surface area contributed by atoms with Gasteiger partial charge in [-0.3, -0.25) is 9.69 Å². The van der Waals surface area contributed by atoms with E-state index < -0.39 is 18.4 Å². The minimum Gasteiger partial charge on any atom is -0.406 e. The number of aromatic nitrogens is 1. The van der Waals surface area contributed by atoms with Crippen molar-refractivity contribution in [3.63, 3.8) is 0 Å². The van der Waals surface area contributed by atoms with E-state index in [1.165, 1.54) is 24.1 Å². The van der Waals surface area contributed by atoms with Gasteiger partial charge < -0.3 is 20.1 Å². The monoisotopic (exact) mass is 486 g/mol. The summed E-state index contributed by atoms with van der Waals surface area (Å²) >= 11 is 0. The lowest BCUT2D eigenvalue weighted by Crippen LogP contribution is -2.49. The summed E-state index contributed by atoms with van der Waals surface area (Å²) < 4.78 is 46.4. The number of pyridine rings is 1. The molecule has 1 aliphatic rings. The molecule has 8 nitrogen and oxygen atoms in total. The molecule has 3 amide bonds. The Bertz CT molecular complexity index is 1200. The number of fused-ring (bicyclic) bond motifs is 1. The van der Waals surface area contributed by atoms with Crippen LogP contribution in [0.25, 0.3) is 11.3 Å². The smallest absolute Gasteiger partial charge is 0.406 e. The zero-order valence-electron chi connectivity index (χ0n) is 18.5. The molecule has 4 rings (SSSR count). The first-order chi connectivity index (χ1) is 16.7. The number of halogens is 3. The fourth-order valence-corrected chi connectivity index (χ4v) is 3.61. The standard InChI is InChI=1S/C24H21F3N4O4/c1-34-14-20(16-7-9-17(10-8-16)35-24(25,26)27)30-23(33)31-13-21(32)28-19-12-11-18(29-22(19)31)15-5-3-2-4-6-15/h2-12,20H,13-14H2,1H3,(H,28,32)(H,30,33). The zero-order chi connectivity index (χ0) is 25.0. The molecule has 2 N–H and O–H groups in total. The summed E-state index contributed by atoms with van der Waals surface area (Å²) in [5.74, 6) is -0.504. The van der Waals surface area contributed by atoms with Crippen LogP contribution in [0, 0.1) is 0 Å². The highest BCUT2D eigenvalue weighted by atomic mass is 19.4. The number of nitrogens with one attached hydrogen (secondary N) is 2. The van der Waals surface area contributed by atoms with Crippen molar-refractivity contribution in [1.29, 1.82) is 0 Å². The molecular weight excluding hydrogens is 465 g/mol. The van der Waals surface area contributed by atoms with Gasteiger partial charge in [0.1, 0.15) is 12.3 Å². The van der Waals surface area contributed by atoms with E-state index in [-0.39, 0.29) is 30.6 Å². The van der Waals surface area contributed by atoms with Crippen molar-refractivity contribution in [2.75, 3.05) is 30.5 Å². The maximum absolute atomic E-state index is 13.2. The van der Waals surface area contributed by atoms with E-state index in [2.05, 4.69) is 20.4 Å². The highest BCUT2D eigenvalue weighted by Gasteiger charge is 2.32. The number of benzene rings is 2. The molecule has 1 atom stereocenters. The van der Waals surface area contributed by atoms with Crippen LogP contribution in [0.3, 0.4) is 0 Å². The molecule has 1 aromatic heterocycles. The number of carbonyl (C=O) groups excluding carboxylic acids is 2. The number of ether oxygens (including phenoxy) is 2. The van der Waals surface area contributed by atoms with Crippen molar-refractivity contribution < 1.29 is 32.2 Å². The van der Waals surface area contributed by atoms with Crippen LogP contribution in [0.4, 0.5) is 29.5 Å². The average Bonchev–Trinajstić information content (AvgIpc) is 2.83. The molecule has 0 bridgehead atoms. The van der Waals surface area contributed by atoms with Crippen molar-refractivity contribution >= 4 is 23.4 Å². The molecule has 35 heavy (non-hydrogen) atoms. The van der Waals surface area contributed by atoms with Gasteiger partial charge in [0.05, 0.1) is 24.0 Å². The van der Waals surface area contributed by atoms with Crippen molar-refractivity contribution in [1.82, 2.24) is 10.3 Å². The Labute approximate surface area is 198 Å². The fraction of sp³-hybridized carbons (Fsp3) is 0.208. The Morgan fingerprint density at radius 1 is 1.11 bits per heavy atom. The molecule has 0 radical (unpaired) electrons. The summed E-state index contributed by atoms with van der Waals surface area (Å²) in [6.45, 7) is -0.224.